The van der Waals surface area contributed by atoms with Crippen LogP contribution in [0.15, 0.2) is 24.3 Å². The first-order valence-corrected chi connectivity index (χ1v) is 28.7. The van der Waals surface area contributed by atoms with Crippen molar-refractivity contribution in [2.24, 2.45) is 0 Å². The van der Waals surface area contributed by atoms with Crippen molar-refractivity contribution in [2.45, 2.75) is 294 Å². The number of hydrogen-bond donors (Lipinski definition) is 7. The molecule has 0 spiro atoms. The predicted octanol–water partition coefficient (Wildman–Crippen LogP) is 11.0. The molecule has 1 aliphatic heterocycles. The topological polar surface area (TPSA) is 212 Å². The van der Waals surface area contributed by atoms with Crippen LogP contribution in [0, 0.1) is 0 Å². The molecule has 0 aromatic carbocycles. The van der Waals surface area contributed by atoms with Gasteiger partial charge in [0.05, 0.1) is 25.4 Å². The fourth-order valence-electron chi connectivity index (χ4n) is 8.75. The van der Waals surface area contributed by atoms with Gasteiger partial charge in [0, 0.05) is 0 Å². The number of aliphatic hydroxyl groups is 5. The molecule has 0 radical (unpaired) electrons. The highest BCUT2D eigenvalue weighted by atomic mass is 32.3. The normalized spacial score (nSPS) is 20.5. The Morgan fingerprint density at radius 3 is 1.39 bits per heavy atom. The molecule has 0 aromatic rings. The van der Waals surface area contributed by atoms with Gasteiger partial charge in [0.25, 0.3) is 0 Å². The van der Waals surface area contributed by atoms with Crippen LogP contribution in [-0.2, 0) is 28.9 Å². The molecule has 8 unspecified atom stereocenters. The third-order valence-corrected chi connectivity index (χ3v) is 13.5. The van der Waals surface area contributed by atoms with E-state index in [1.54, 1.807) is 6.08 Å². The molecule has 0 bridgehead atoms. The number of hydrogen-bond acceptors (Lipinski definition) is 11. The van der Waals surface area contributed by atoms with Gasteiger partial charge in [-0.3, -0.25) is 9.35 Å². The number of carbonyl (C=O) groups excluding carboxylic acids is 1. The fraction of sp³-hybridized carbons (Fsp3) is 0.906. The van der Waals surface area contributed by atoms with Crippen LogP contribution in [0.3, 0.4) is 0 Å². The third-order valence-electron chi connectivity index (χ3n) is 13.1. The van der Waals surface area contributed by atoms with Crippen molar-refractivity contribution in [3.63, 3.8) is 0 Å². The van der Waals surface area contributed by atoms with Crippen molar-refractivity contribution in [1.82, 2.24) is 5.32 Å². The summed E-state index contributed by atoms with van der Waals surface area (Å²) < 4.78 is 47.7. The maximum atomic E-state index is 13.2. The lowest BCUT2D eigenvalue weighted by molar-refractivity contribution is -0.298. The van der Waals surface area contributed by atoms with Crippen LogP contribution in [0.1, 0.15) is 245 Å². The Labute approximate surface area is 408 Å². The summed E-state index contributed by atoms with van der Waals surface area (Å²) in [6, 6.07) is -1.12. The van der Waals surface area contributed by atoms with Gasteiger partial charge in [0.1, 0.15) is 30.5 Å². The number of rotatable bonds is 47. The van der Waals surface area contributed by atoms with Crippen LogP contribution < -0.4 is 5.32 Å². The second-order valence-electron chi connectivity index (χ2n) is 19.3. The molecule has 1 rings (SSSR count). The Hall–Kier alpha value is -1.46. The van der Waals surface area contributed by atoms with Crippen LogP contribution in [-0.4, -0.2) is 107 Å². The van der Waals surface area contributed by atoms with Gasteiger partial charge in [-0.15, -0.1) is 0 Å². The third kappa shape index (κ3) is 35.3. The summed E-state index contributed by atoms with van der Waals surface area (Å²) >= 11 is 0. The Bertz CT molecular complexity index is 1300. The lowest BCUT2D eigenvalue weighted by Crippen LogP contribution is -2.61. The van der Waals surface area contributed by atoms with Crippen LogP contribution in [0.2, 0.25) is 0 Å². The van der Waals surface area contributed by atoms with Gasteiger partial charge < -0.3 is 40.3 Å². The fourth-order valence-corrected chi connectivity index (χ4v) is 9.26. The molecule has 8 atom stereocenters. The lowest BCUT2D eigenvalue weighted by atomic mass is 9.99. The van der Waals surface area contributed by atoms with Crippen molar-refractivity contribution in [2.75, 3.05) is 13.2 Å². The second-order valence-corrected chi connectivity index (χ2v) is 20.4. The highest BCUT2D eigenvalue weighted by molar-refractivity contribution is 7.80. The number of allylic oxidation sites excluding steroid dienone is 3. The summed E-state index contributed by atoms with van der Waals surface area (Å²) in [5.41, 5.74) is 0. The minimum atomic E-state index is -5.12. The first-order valence-electron chi connectivity index (χ1n) is 27.3. The molecule has 1 amide bonds. The average Bonchev–Trinajstić information content (AvgIpc) is 3.30. The molecule has 1 aliphatic rings. The summed E-state index contributed by atoms with van der Waals surface area (Å²) in [5.74, 6) is -0.704. The van der Waals surface area contributed by atoms with E-state index in [-0.39, 0.29) is 6.42 Å². The van der Waals surface area contributed by atoms with Crippen LogP contribution in [0.25, 0.3) is 0 Å². The monoisotopic (exact) mass is 976 g/mol. The molecule has 7 N–H and O–H groups in total. The lowest BCUT2D eigenvalue weighted by Gasteiger charge is -2.41. The van der Waals surface area contributed by atoms with E-state index in [2.05, 4.69) is 35.5 Å². The summed E-state index contributed by atoms with van der Waals surface area (Å²) in [4.78, 5) is 13.2. The van der Waals surface area contributed by atoms with Crippen molar-refractivity contribution < 1.29 is 57.0 Å². The molecule has 0 aromatic heterocycles. The van der Waals surface area contributed by atoms with Gasteiger partial charge in [-0.25, -0.2) is 4.18 Å². The van der Waals surface area contributed by atoms with Gasteiger partial charge in [-0.2, -0.15) is 8.42 Å². The molecule has 396 valence electrons. The summed E-state index contributed by atoms with van der Waals surface area (Å²) in [6.45, 7) is 3.25. The van der Waals surface area contributed by atoms with Gasteiger partial charge in [-0.1, -0.05) is 224 Å². The summed E-state index contributed by atoms with van der Waals surface area (Å²) in [5, 5.41) is 55.4. The van der Waals surface area contributed by atoms with Crippen molar-refractivity contribution in [3.05, 3.63) is 24.3 Å². The smallest absolute Gasteiger partial charge is 0.394 e. The van der Waals surface area contributed by atoms with E-state index in [0.29, 0.717) is 12.8 Å². The zero-order chi connectivity index (χ0) is 49.2. The van der Waals surface area contributed by atoms with E-state index < -0.39 is 78.5 Å². The van der Waals surface area contributed by atoms with Crippen molar-refractivity contribution in [1.29, 1.82) is 0 Å². The predicted molar refractivity (Wildman–Crippen MR) is 270 cm³/mol. The Morgan fingerprint density at radius 2 is 0.985 bits per heavy atom. The van der Waals surface area contributed by atoms with Gasteiger partial charge >= 0.3 is 10.4 Å². The number of amides is 1. The first-order chi connectivity index (χ1) is 32.4. The van der Waals surface area contributed by atoms with E-state index in [1.807, 2.05) is 6.08 Å². The van der Waals surface area contributed by atoms with E-state index in [0.717, 1.165) is 57.8 Å². The van der Waals surface area contributed by atoms with Gasteiger partial charge in [0.15, 0.2) is 6.29 Å². The quantitative estimate of drug-likeness (QED) is 0.0172. The SMILES string of the molecule is CCCCCCCCCCCCC/C=C\CCCCCCCCC(O)C(=O)NC(COC1OC(CO)C(O)C(OS(=O)(=O)O)C1O)C(O)/C=C/CCCCCCCCCCCCCCCCC. The van der Waals surface area contributed by atoms with Crippen LogP contribution in [0.4, 0.5) is 0 Å². The number of aliphatic hydroxyl groups excluding tert-OH is 5. The molecule has 14 heteroatoms. The van der Waals surface area contributed by atoms with Crippen molar-refractivity contribution >= 4 is 16.3 Å². The van der Waals surface area contributed by atoms with Gasteiger partial charge in [0.2, 0.25) is 5.91 Å². The van der Waals surface area contributed by atoms with E-state index in [1.165, 1.54) is 154 Å². The molecular weight excluding hydrogens is 875 g/mol. The Balaban J connectivity index is 2.47. The van der Waals surface area contributed by atoms with E-state index in [9.17, 15) is 43.3 Å². The minimum absolute atomic E-state index is 0.238. The molecule has 0 saturated carbocycles. The average molecular weight is 976 g/mol. The minimum Gasteiger partial charge on any atom is -0.394 e. The van der Waals surface area contributed by atoms with Crippen molar-refractivity contribution in [3.8, 4) is 0 Å². The number of carbonyl (C=O) groups is 1. The Kier molecular flexibility index (Phi) is 41.1. The second kappa shape index (κ2) is 43.3. The number of unbranched alkanes of at least 4 members (excludes halogenated alkanes) is 32. The van der Waals surface area contributed by atoms with E-state index >= 15 is 0 Å². The molecule has 13 nitrogen and oxygen atoms in total. The number of nitrogens with one attached hydrogen (secondary N) is 1. The zero-order valence-electron chi connectivity index (χ0n) is 42.3. The molecule has 1 heterocycles. The number of ether oxygens (including phenoxy) is 2. The van der Waals surface area contributed by atoms with Crippen LogP contribution in [0.5, 0.6) is 0 Å². The van der Waals surface area contributed by atoms with E-state index in [4.69, 9.17) is 9.47 Å². The zero-order valence-corrected chi connectivity index (χ0v) is 43.2. The molecule has 0 aliphatic carbocycles. The molecule has 67 heavy (non-hydrogen) atoms. The molecular formula is C53H101NO12S. The first kappa shape index (κ1) is 63.6. The highest BCUT2D eigenvalue weighted by Gasteiger charge is 2.48. The molecule has 1 fully saturated rings. The largest absolute Gasteiger partial charge is 0.397 e. The maximum absolute atomic E-state index is 13.2. The van der Waals surface area contributed by atoms with Gasteiger partial charge in [-0.05, 0) is 44.9 Å². The summed E-state index contributed by atoms with van der Waals surface area (Å²) in [7, 11) is -5.12. The van der Waals surface area contributed by atoms with Crippen LogP contribution >= 0.6 is 0 Å². The Morgan fingerprint density at radius 1 is 0.597 bits per heavy atom. The summed E-state index contributed by atoms with van der Waals surface area (Å²) in [6.07, 6.45) is 39.6. The standard InChI is InChI=1S/C53H101NO12S/c1-3-5-7-9-11-13-15-17-19-21-22-23-24-26-28-30-32-34-36-38-40-42-47(57)52(60)54-45(44-64-53-50(59)51(66-67(61,62)63)49(58)48(43-55)65-53)46(56)41-39-37-35-33-31-29-27-25-20-18-16-14-12-10-8-6-4-2/h24,26,39,41,45-51,53,55-59H,3-23,25,27-38,40,42-44H2,1-2H3,(H,54,60)(H,61,62,63)/b26-24-,41-39+. The molecule has 1 saturated heterocycles. The highest BCUT2D eigenvalue weighted by Crippen LogP contribution is 2.26. The maximum Gasteiger partial charge on any atom is 0.397 e.